The van der Waals surface area contributed by atoms with Gasteiger partial charge in [0.2, 0.25) is 0 Å². The highest BCUT2D eigenvalue weighted by molar-refractivity contribution is 5.34. The first-order valence-corrected chi connectivity index (χ1v) is 6.01. The summed E-state index contributed by atoms with van der Waals surface area (Å²) in [5.41, 5.74) is 6.90. The summed E-state index contributed by atoms with van der Waals surface area (Å²) < 4.78 is 7.46. The smallest absolute Gasteiger partial charge is 0.147 e. The van der Waals surface area contributed by atoms with Gasteiger partial charge in [-0.25, -0.2) is 0 Å². The lowest BCUT2D eigenvalue weighted by Crippen LogP contribution is -2.43. The second-order valence-corrected chi connectivity index (χ2v) is 4.90. The molecule has 5 nitrogen and oxygen atoms in total. The van der Waals surface area contributed by atoms with Crippen molar-refractivity contribution in [2.45, 2.75) is 18.4 Å². The molecule has 0 radical (unpaired) electrons. The van der Waals surface area contributed by atoms with Crippen LogP contribution in [0.2, 0.25) is 0 Å². The van der Waals surface area contributed by atoms with E-state index in [2.05, 4.69) is 17.1 Å². The van der Waals surface area contributed by atoms with Gasteiger partial charge >= 0.3 is 0 Å². The van der Waals surface area contributed by atoms with Crippen molar-refractivity contribution < 1.29 is 4.74 Å². The van der Waals surface area contributed by atoms with E-state index >= 15 is 0 Å². The molecule has 18 heavy (non-hydrogen) atoms. The second-order valence-electron chi connectivity index (χ2n) is 4.90. The van der Waals surface area contributed by atoms with E-state index in [4.69, 9.17) is 10.5 Å². The second kappa shape index (κ2) is 4.19. The fraction of sp³-hybridized carbons (Fsp3) is 0.385. The normalized spacial score (nSPS) is 27.6. The quantitative estimate of drug-likeness (QED) is 0.851. The van der Waals surface area contributed by atoms with E-state index < -0.39 is 0 Å². The van der Waals surface area contributed by atoms with Crippen LogP contribution in [-0.2, 0) is 10.2 Å². The summed E-state index contributed by atoms with van der Waals surface area (Å²) in [6, 6.07) is 9.97. The molecule has 2 atom stereocenters. The number of rotatable bonds is 2. The first kappa shape index (κ1) is 11.4. The maximum atomic E-state index is 6.15. The van der Waals surface area contributed by atoms with E-state index in [0.29, 0.717) is 13.2 Å². The summed E-state index contributed by atoms with van der Waals surface area (Å²) in [6.45, 7) is 3.23. The Kier molecular flexibility index (Phi) is 2.65. The average molecular weight is 244 g/mol. The van der Waals surface area contributed by atoms with Crippen LogP contribution in [0.3, 0.4) is 0 Å². The average Bonchev–Trinajstić information content (AvgIpc) is 2.99. The maximum Gasteiger partial charge on any atom is 0.147 e. The SMILES string of the molecule is CC1(c2nncn2-c2ccccc2)COCC1N. The Morgan fingerprint density at radius 2 is 2.17 bits per heavy atom. The third-order valence-corrected chi connectivity index (χ3v) is 3.61. The van der Waals surface area contributed by atoms with Gasteiger partial charge in [0.25, 0.3) is 0 Å². The Morgan fingerprint density at radius 1 is 1.39 bits per heavy atom. The standard InChI is InChI=1S/C13H16N4O/c1-13(8-18-7-11(13)14)12-16-15-9-17(12)10-5-3-2-4-6-10/h2-6,9,11H,7-8,14H2,1H3. The highest BCUT2D eigenvalue weighted by atomic mass is 16.5. The molecule has 1 aromatic heterocycles. The molecule has 5 heteroatoms. The van der Waals surface area contributed by atoms with Crippen LogP contribution < -0.4 is 5.73 Å². The number of nitrogens with zero attached hydrogens (tertiary/aromatic N) is 3. The molecule has 0 amide bonds. The first-order chi connectivity index (χ1) is 8.72. The lowest BCUT2D eigenvalue weighted by Gasteiger charge is -2.26. The van der Waals surface area contributed by atoms with Crippen LogP contribution >= 0.6 is 0 Å². The van der Waals surface area contributed by atoms with Crippen molar-refractivity contribution in [2.24, 2.45) is 5.73 Å². The van der Waals surface area contributed by atoms with Crippen molar-refractivity contribution in [1.82, 2.24) is 14.8 Å². The van der Waals surface area contributed by atoms with Crippen LogP contribution in [-0.4, -0.2) is 34.0 Å². The molecule has 1 aliphatic heterocycles. The predicted molar refractivity (Wildman–Crippen MR) is 67.5 cm³/mol. The van der Waals surface area contributed by atoms with Gasteiger partial charge < -0.3 is 10.5 Å². The van der Waals surface area contributed by atoms with E-state index in [1.165, 1.54) is 0 Å². The summed E-state index contributed by atoms with van der Waals surface area (Å²) in [7, 11) is 0. The van der Waals surface area contributed by atoms with Gasteiger partial charge in [-0.1, -0.05) is 18.2 Å². The molecule has 2 heterocycles. The largest absolute Gasteiger partial charge is 0.379 e. The lowest BCUT2D eigenvalue weighted by molar-refractivity contribution is 0.178. The zero-order chi connectivity index (χ0) is 12.6. The Hall–Kier alpha value is -1.72. The van der Waals surface area contributed by atoms with Gasteiger partial charge in [0.1, 0.15) is 12.2 Å². The van der Waals surface area contributed by atoms with Crippen molar-refractivity contribution in [1.29, 1.82) is 0 Å². The van der Waals surface area contributed by atoms with Crippen LogP contribution in [0.4, 0.5) is 0 Å². The number of hydrogen-bond acceptors (Lipinski definition) is 4. The van der Waals surface area contributed by atoms with Gasteiger partial charge in [0, 0.05) is 11.7 Å². The Balaban J connectivity index is 2.07. The van der Waals surface area contributed by atoms with Gasteiger partial charge in [-0.2, -0.15) is 0 Å². The minimum Gasteiger partial charge on any atom is -0.379 e. The van der Waals surface area contributed by atoms with Crippen molar-refractivity contribution >= 4 is 0 Å². The van der Waals surface area contributed by atoms with Gasteiger partial charge in [0.05, 0.1) is 18.6 Å². The maximum absolute atomic E-state index is 6.15. The Labute approximate surface area is 106 Å². The van der Waals surface area contributed by atoms with Gasteiger partial charge in [0.15, 0.2) is 0 Å². The molecular formula is C13H16N4O. The zero-order valence-electron chi connectivity index (χ0n) is 10.3. The van der Waals surface area contributed by atoms with E-state index in [9.17, 15) is 0 Å². The van der Waals surface area contributed by atoms with Crippen LogP contribution in [0.15, 0.2) is 36.7 Å². The monoisotopic (exact) mass is 244 g/mol. The molecule has 1 fully saturated rings. The minimum absolute atomic E-state index is 0.0517. The van der Waals surface area contributed by atoms with Crippen molar-refractivity contribution in [3.8, 4) is 5.69 Å². The van der Waals surface area contributed by atoms with Gasteiger partial charge in [-0.05, 0) is 19.1 Å². The molecule has 1 saturated heterocycles. The molecule has 0 bridgehead atoms. The van der Waals surface area contributed by atoms with Crippen LogP contribution in [0.1, 0.15) is 12.7 Å². The Bertz CT molecular complexity index is 539. The van der Waals surface area contributed by atoms with Crippen molar-refractivity contribution in [3.63, 3.8) is 0 Å². The Morgan fingerprint density at radius 3 is 2.83 bits per heavy atom. The number of nitrogens with two attached hydrogens (primary N) is 1. The molecule has 0 aliphatic carbocycles. The number of ether oxygens (including phenoxy) is 1. The third kappa shape index (κ3) is 1.63. The highest BCUT2D eigenvalue weighted by Crippen LogP contribution is 2.31. The van der Waals surface area contributed by atoms with E-state index in [1.807, 2.05) is 34.9 Å². The molecule has 2 N–H and O–H groups in total. The topological polar surface area (TPSA) is 66.0 Å². The number of para-hydroxylation sites is 1. The molecule has 1 aromatic carbocycles. The summed E-state index contributed by atoms with van der Waals surface area (Å²) in [6.07, 6.45) is 1.72. The molecule has 3 rings (SSSR count). The highest BCUT2D eigenvalue weighted by Gasteiger charge is 2.43. The van der Waals surface area contributed by atoms with Crippen LogP contribution in [0.5, 0.6) is 0 Å². The summed E-state index contributed by atoms with van der Waals surface area (Å²) in [4.78, 5) is 0. The zero-order valence-corrected chi connectivity index (χ0v) is 10.3. The fourth-order valence-corrected chi connectivity index (χ4v) is 2.32. The van der Waals surface area contributed by atoms with E-state index in [-0.39, 0.29) is 11.5 Å². The predicted octanol–water partition coefficient (Wildman–Crippen LogP) is 0.882. The van der Waals surface area contributed by atoms with Crippen LogP contribution in [0, 0.1) is 0 Å². The summed E-state index contributed by atoms with van der Waals surface area (Å²) >= 11 is 0. The van der Waals surface area contributed by atoms with Crippen molar-refractivity contribution in [2.75, 3.05) is 13.2 Å². The van der Waals surface area contributed by atoms with Crippen LogP contribution in [0.25, 0.3) is 5.69 Å². The van der Waals surface area contributed by atoms with E-state index in [0.717, 1.165) is 11.5 Å². The molecular weight excluding hydrogens is 228 g/mol. The molecule has 1 aliphatic rings. The minimum atomic E-state index is -0.285. The van der Waals surface area contributed by atoms with Gasteiger partial charge in [-0.15, -0.1) is 10.2 Å². The molecule has 0 saturated carbocycles. The fourth-order valence-electron chi connectivity index (χ4n) is 2.32. The van der Waals surface area contributed by atoms with Gasteiger partial charge in [-0.3, -0.25) is 4.57 Å². The summed E-state index contributed by atoms with van der Waals surface area (Å²) in [5, 5.41) is 8.27. The molecule has 2 unspecified atom stereocenters. The van der Waals surface area contributed by atoms with E-state index in [1.54, 1.807) is 6.33 Å². The first-order valence-electron chi connectivity index (χ1n) is 6.01. The number of aromatic nitrogens is 3. The summed E-state index contributed by atoms with van der Waals surface area (Å²) in [5.74, 6) is 0.860. The molecule has 0 spiro atoms. The lowest BCUT2D eigenvalue weighted by atomic mass is 9.85. The van der Waals surface area contributed by atoms with Crippen molar-refractivity contribution in [3.05, 3.63) is 42.5 Å². The molecule has 94 valence electrons. The third-order valence-electron chi connectivity index (χ3n) is 3.61. The number of hydrogen-bond donors (Lipinski definition) is 1. The number of benzene rings is 1. The molecule has 2 aromatic rings.